The zero-order chi connectivity index (χ0) is 16.3. The van der Waals surface area contributed by atoms with Gasteiger partial charge < -0.3 is 9.64 Å². The topological polar surface area (TPSA) is 77.1 Å². The first-order valence-corrected chi connectivity index (χ1v) is 7.29. The molecule has 0 spiro atoms. The molecule has 1 fully saturated rings. The molecule has 1 aliphatic heterocycles. The van der Waals surface area contributed by atoms with Crippen molar-refractivity contribution >= 4 is 17.5 Å². The number of nitriles is 2. The van der Waals surface area contributed by atoms with Crippen LogP contribution < -0.4 is 4.74 Å². The number of carbonyl (C=O) groups is 1. The highest BCUT2D eigenvalue weighted by molar-refractivity contribution is 6.31. The first-order valence-electron chi connectivity index (χ1n) is 6.91. The average molecular weight is 318 g/mol. The van der Waals surface area contributed by atoms with Crippen LogP contribution in [0, 0.1) is 28.1 Å². The first-order chi connectivity index (χ1) is 10.4. The molecule has 0 bridgehead atoms. The summed E-state index contributed by atoms with van der Waals surface area (Å²) in [4.78, 5) is 14.1. The first kappa shape index (κ1) is 16.1. The van der Waals surface area contributed by atoms with Gasteiger partial charge in [0.05, 0.1) is 23.1 Å². The number of benzene rings is 1. The molecule has 0 aliphatic carbocycles. The van der Waals surface area contributed by atoms with Gasteiger partial charge in [0, 0.05) is 24.6 Å². The van der Waals surface area contributed by atoms with Gasteiger partial charge in [-0.15, -0.1) is 0 Å². The predicted octanol–water partition coefficient (Wildman–Crippen LogP) is 2.74. The minimum Gasteiger partial charge on any atom is -0.480 e. The monoisotopic (exact) mass is 317 g/mol. The summed E-state index contributed by atoms with van der Waals surface area (Å²) in [6.45, 7) is 4.86. The van der Waals surface area contributed by atoms with Crippen molar-refractivity contribution in [3.8, 4) is 17.9 Å². The van der Waals surface area contributed by atoms with Gasteiger partial charge in [-0.2, -0.15) is 10.5 Å². The maximum atomic E-state index is 12.4. The third-order valence-corrected chi connectivity index (χ3v) is 3.97. The number of rotatable bonds is 4. The van der Waals surface area contributed by atoms with Crippen molar-refractivity contribution in [2.75, 3.05) is 13.1 Å². The van der Waals surface area contributed by atoms with Crippen molar-refractivity contribution in [2.45, 2.75) is 26.4 Å². The van der Waals surface area contributed by atoms with Gasteiger partial charge in [0.15, 0.2) is 6.10 Å². The third kappa shape index (κ3) is 3.16. The Hall–Kier alpha value is -2.24. The molecule has 1 saturated heterocycles. The second-order valence-electron chi connectivity index (χ2n) is 5.91. The predicted molar refractivity (Wildman–Crippen MR) is 81.2 cm³/mol. The number of hydrogen-bond donors (Lipinski definition) is 0. The Morgan fingerprint density at radius 3 is 2.77 bits per heavy atom. The maximum absolute atomic E-state index is 12.4. The molecule has 114 valence electrons. The van der Waals surface area contributed by atoms with Gasteiger partial charge in [0.1, 0.15) is 11.8 Å². The van der Waals surface area contributed by atoms with E-state index in [0.717, 1.165) is 0 Å². The van der Waals surface area contributed by atoms with Crippen LogP contribution in [-0.4, -0.2) is 30.0 Å². The lowest BCUT2D eigenvalue weighted by molar-refractivity contribution is -0.134. The molecular formula is C16H16ClN3O2. The van der Waals surface area contributed by atoms with Crippen molar-refractivity contribution in [1.82, 2.24) is 4.90 Å². The Bertz CT molecular complexity index is 673. The van der Waals surface area contributed by atoms with E-state index in [-0.39, 0.29) is 11.3 Å². The van der Waals surface area contributed by atoms with Crippen LogP contribution in [0.1, 0.15) is 25.8 Å². The van der Waals surface area contributed by atoms with Crippen molar-refractivity contribution in [1.29, 1.82) is 10.5 Å². The molecule has 0 radical (unpaired) electrons. The molecule has 2 rings (SSSR count). The van der Waals surface area contributed by atoms with Crippen LogP contribution in [0.25, 0.3) is 0 Å². The molecule has 22 heavy (non-hydrogen) atoms. The third-order valence-electron chi connectivity index (χ3n) is 3.65. The molecule has 1 aromatic carbocycles. The van der Waals surface area contributed by atoms with Crippen molar-refractivity contribution < 1.29 is 9.53 Å². The van der Waals surface area contributed by atoms with Crippen molar-refractivity contribution in [3.63, 3.8) is 0 Å². The molecule has 0 saturated carbocycles. The van der Waals surface area contributed by atoms with E-state index < -0.39 is 6.10 Å². The maximum Gasteiger partial charge on any atom is 0.264 e. The summed E-state index contributed by atoms with van der Waals surface area (Å²) >= 11 is 5.99. The molecule has 0 N–H and O–H groups in total. The quantitative estimate of drug-likeness (QED) is 0.855. The lowest BCUT2D eigenvalue weighted by Crippen LogP contribution is -2.36. The summed E-state index contributed by atoms with van der Waals surface area (Å²) in [6, 6.07) is 8.76. The summed E-state index contributed by atoms with van der Waals surface area (Å²) in [5.74, 6) is 0.332. The van der Waals surface area contributed by atoms with E-state index in [4.69, 9.17) is 26.9 Å². The summed E-state index contributed by atoms with van der Waals surface area (Å²) in [5, 5.41) is 17.8. The Labute approximate surface area is 134 Å². The van der Waals surface area contributed by atoms with Gasteiger partial charge in [-0.3, -0.25) is 4.79 Å². The number of likely N-dealkylation sites (tertiary alicyclic amines) is 1. The average Bonchev–Trinajstić information content (AvgIpc) is 2.68. The Balaban J connectivity index is 2.18. The molecule has 1 atom stereocenters. The van der Waals surface area contributed by atoms with Crippen molar-refractivity contribution in [3.05, 3.63) is 28.8 Å². The molecule has 1 amide bonds. The van der Waals surface area contributed by atoms with Gasteiger partial charge in [-0.25, -0.2) is 0 Å². The van der Waals surface area contributed by atoms with Crippen LogP contribution in [-0.2, 0) is 4.79 Å². The van der Waals surface area contributed by atoms with Crippen LogP contribution in [0.3, 0.4) is 0 Å². The van der Waals surface area contributed by atoms with E-state index in [2.05, 4.69) is 0 Å². The Kier molecular flexibility index (Phi) is 4.59. The number of halogens is 1. The second kappa shape index (κ2) is 6.25. The minimum atomic E-state index is -0.629. The molecule has 0 unspecified atom stereocenters. The highest BCUT2D eigenvalue weighted by Gasteiger charge is 2.47. The van der Waals surface area contributed by atoms with E-state index in [9.17, 15) is 4.79 Å². The molecule has 1 aromatic rings. The lowest BCUT2D eigenvalue weighted by Gasteiger charge is -2.24. The fraction of sp³-hybridized carbons (Fsp3) is 0.438. The molecule has 1 heterocycles. The molecule has 1 aliphatic rings. The van der Waals surface area contributed by atoms with Gasteiger partial charge in [-0.1, -0.05) is 25.4 Å². The Morgan fingerprint density at radius 1 is 1.45 bits per heavy atom. The number of amides is 1. The SMILES string of the molecule is CC1(C)CN(CCC#N)C(=O)[C@@H]1Oc1ccc(C#N)c(Cl)c1. The number of ether oxygens (including phenoxy) is 1. The lowest BCUT2D eigenvalue weighted by atomic mass is 9.89. The second-order valence-corrected chi connectivity index (χ2v) is 6.32. The van der Waals surface area contributed by atoms with E-state index >= 15 is 0 Å². The van der Waals surface area contributed by atoms with Crippen LogP contribution >= 0.6 is 11.6 Å². The van der Waals surface area contributed by atoms with Gasteiger partial charge in [0.2, 0.25) is 0 Å². The smallest absolute Gasteiger partial charge is 0.264 e. The highest BCUT2D eigenvalue weighted by atomic mass is 35.5. The van der Waals surface area contributed by atoms with Gasteiger partial charge in [0.25, 0.3) is 5.91 Å². The van der Waals surface area contributed by atoms with Gasteiger partial charge in [-0.05, 0) is 12.1 Å². The number of hydrogen-bond acceptors (Lipinski definition) is 4. The normalized spacial score (nSPS) is 19.6. The summed E-state index contributed by atoms with van der Waals surface area (Å²) in [6.07, 6.45) is -0.327. The zero-order valence-corrected chi connectivity index (χ0v) is 13.2. The minimum absolute atomic E-state index is 0.124. The fourth-order valence-corrected chi connectivity index (χ4v) is 2.75. The highest BCUT2D eigenvalue weighted by Crippen LogP contribution is 2.35. The fourth-order valence-electron chi connectivity index (χ4n) is 2.53. The molecule has 0 aromatic heterocycles. The number of nitrogens with zero attached hydrogens (tertiary/aromatic N) is 3. The van der Waals surface area contributed by atoms with E-state index in [0.29, 0.717) is 35.8 Å². The zero-order valence-electron chi connectivity index (χ0n) is 12.5. The standard InChI is InChI=1S/C16H16ClN3O2/c1-16(2)10-20(7-3-6-18)15(21)14(16)22-12-5-4-11(9-19)13(17)8-12/h4-5,8,14H,3,7,10H2,1-2H3/t14-/m0/s1. The van der Waals surface area contributed by atoms with E-state index in [1.807, 2.05) is 26.0 Å². The Morgan fingerprint density at radius 2 is 2.18 bits per heavy atom. The van der Waals surface area contributed by atoms with E-state index in [1.165, 1.54) is 0 Å². The number of carbonyl (C=O) groups excluding carboxylic acids is 1. The molecule has 5 nitrogen and oxygen atoms in total. The van der Waals surface area contributed by atoms with Gasteiger partial charge >= 0.3 is 0 Å². The van der Waals surface area contributed by atoms with Crippen LogP contribution in [0.2, 0.25) is 5.02 Å². The van der Waals surface area contributed by atoms with Crippen LogP contribution in [0.5, 0.6) is 5.75 Å². The summed E-state index contributed by atoms with van der Waals surface area (Å²) in [5.41, 5.74) is -0.00548. The summed E-state index contributed by atoms with van der Waals surface area (Å²) < 4.78 is 5.83. The summed E-state index contributed by atoms with van der Waals surface area (Å²) in [7, 11) is 0. The largest absolute Gasteiger partial charge is 0.480 e. The molecule has 6 heteroatoms. The van der Waals surface area contributed by atoms with E-state index in [1.54, 1.807) is 23.1 Å². The van der Waals surface area contributed by atoms with Crippen LogP contribution in [0.4, 0.5) is 0 Å². The van der Waals surface area contributed by atoms with Crippen molar-refractivity contribution in [2.24, 2.45) is 5.41 Å². The van der Waals surface area contributed by atoms with Crippen LogP contribution in [0.15, 0.2) is 18.2 Å². The molecular weight excluding hydrogens is 302 g/mol.